The van der Waals surface area contributed by atoms with Crippen LogP contribution in [0.1, 0.15) is 38.2 Å². The van der Waals surface area contributed by atoms with E-state index in [2.05, 4.69) is 22.8 Å². The van der Waals surface area contributed by atoms with Gasteiger partial charge in [0.25, 0.3) is 0 Å². The lowest BCUT2D eigenvalue weighted by Gasteiger charge is -2.34. The second-order valence-electron chi connectivity index (χ2n) is 7.42. The lowest BCUT2D eigenvalue weighted by molar-refractivity contribution is -0.126. The Morgan fingerprint density at radius 1 is 1.18 bits per heavy atom. The molecule has 1 aliphatic carbocycles. The van der Waals surface area contributed by atoms with Gasteiger partial charge in [0.15, 0.2) is 0 Å². The van der Waals surface area contributed by atoms with E-state index in [1.165, 1.54) is 6.92 Å². The summed E-state index contributed by atoms with van der Waals surface area (Å²) in [5.41, 5.74) is 0.837. The molecular weight excluding hydrogens is 360 g/mol. The minimum absolute atomic E-state index is 0.00856. The summed E-state index contributed by atoms with van der Waals surface area (Å²) >= 11 is 0. The van der Waals surface area contributed by atoms with E-state index >= 15 is 0 Å². The summed E-state index contributed by atoms with van der Waals surface area (Å²) in [5, 5.41) is 16.3. The maximum atomic E-state index is 12.2. The second kappa shape index (κ2) is 11.1. The summed E-state index contributed by atoms with van der Waals surface area (Å²) in [4.78, 5) is 23.7. The maximum absolute atomic E-state index is 12.2. The van der Waals surface area contributed by atoms with Crippen molar-refractivity contribution in [3.63, 3.8) is 0 Å². The first-order valence-electron chi connectivity index (χ1n) is 9.81. The molecule has 1 saturated carbocycles. The number of hydrogen-bond acceptors (Lipinski definition) is 5. The van der Waals surface area contributed by atoms with Crippen molar-refractivity contribution in [2.24, 2.45) is 0 Å². The van der Waals surface area contributed by atoms with Crippen molar-refractivity contribution >= 4 is 11.8 Å². The summed E-state index contributed by atoms with van der Waals surface area (Å²) in [7, 11) is 1.59. The zero-order valence-electron chi connectivity index (χ0n) is 16.8. The van der Waals surface area contributed by atoms with Crippen LogP contribution in [-0.2, 0) is 24.5 Å². The van der Waals surface area contributed by atoms with Crippen LogP contribution >= 0.6 is 0 Å². The van der Waals surface area contributed by atoms with Gasteiger partial charge in [-0.05, 0) is 31.2 Å². The molecule has 1 fully saturated rings. The monoisotopic (exact) mass is 392 g/mol. The summed E-state index contributed by atoms with van der Waals surface area (Å²) in [6, 6.07) is 9.79. The fourth-order valence-electron chi connectivity index (χ4n) is 3.79. The van der Waals surface area contributed by atoms with Gasteiger partial charge in [-0.15, -0.1) is 0 Å². The van der Waals surface area contributed by atoms with E-state index in [9.17, 15) is 14.7 Å². The number of benzene rings is 1. The van der Waals surface area contributed by atoms with Crippen LogP contribution in [0.4, 0.5) is 0 Å². The molecule has 0 aliphatic heterocycles. The molecule has 0 bridgehead atoms. The standard InChI is InChI=1S/C21H32N2O5/c1-16(24)23-18-8-10-21(11-9-19(18)25,17-6-4-3-5-7-17)15-22-20(26)14-28-13-12-27-2/h3-7,18-19,25H,8-15H2,1-2H3,(H,22,26)(H,23,24)/t18-,19-,21-/m0/s1. The van der Waals surface area contributed by atoms with Crippen molar-refractivity contribution in [3.8, 4) is 0 Å². The molecule has 7 heteroatoms. The van der Waals surface area contributed by atoms with Crippen molar-refractivity contribution in [2.75, 3.05) is 33.5 Å². The van der Waals surface area contributed by atoms with E-state index in [4.69, 9.17) is 9.47 Å². The molecule has 7 nitrogen and oxygen atoms in total. The quantitative estimate of drug-likeness (QED) is 0.433. The van der Waals surface area contributed by atoms with Crippen molar-refractivity contribution in [2.45, 2.75) is 50.2 Å². The zero-order valence-corrected chi connectivity index (χ0v) is 16.8. The van der Waals surface area contributed by atoms with Gasteiger partial charge in [-0.2, -0.15) is 0 Å². The van der Waals surface area contributed by atoms with Crippen LogP contribution in [0.25, 0.3) is 0 Å². The average Bonchev–Trinajstić information content (AvgIpc) is 2.85. The number of aliphatic hydroxyl groups excluding tert-OH is 1. The number of aliphatic hydroxyl groups is 1. The van der Waals surface area contributed by atoms with Crippen molar-refractivity contribution in [3.05, 3.63) is 35.9 Å². The molecule has 1 aliphatic rings. The molecule has 0 spiro atoms. The van der Waals surface area contributed by atoms with Gasteiger partial charge in [0.2, 0.25) is 11.8 Å². The molecule has 2 rings (SSSR count). The first-order valence-corrected chi connectivity index (χ1v) is 9.81. The predicted molar refractivity (Wildman–Crippen MR) is 106 cm³/mol. The summed E-state index contributed by atoms with van der Waals surface area (Å²) in [6.07, 6.45) is 2.08. The molecule has 1 aromatic rings. The van der Waals surface area contributed by atoms with Gasteiger partial charge in [-0.3, -0.25) is 9.59 Å². The van der Waals surface area contributed by atoms with Gasteiger partial charge >= 0.3 is 0 Å². The van der Waals surface area contributed by atoms with Crippen LogP contribution in [-0.4, -0.2) is 62.5 Å². The third kappa shape index (κ3) is 6.58. The highest BCUT2D eigenvalue weighted by Gasteiger charge is 2.38. The van der Waals surface area contributed by atoms with Gasteiger partial charge in [0.1, 0.15) is 6.61 Å². The van der Waals surface area contributed by atoms with E-state index < -0.39 is 6.10 Å². The predicted octanol–water partition coefficient (Wildman–Crippen LogP) is 1.14. The van der Waals surface area contributed by atoms with E-state index in [-0.39, 0.29) is 29.9 Å². The summed E-state index contributed by atoms with van der Waals surface area (Å²) < 4.78 is 10.2. The lowest BCUT2D eigenvalue weighted by atomic mass is 9.74. The number of carbonyl (C=O) groups excluding carboxylic acids is 2. The molecule has 0 heterocycles. The van der Waals surface area contributed by atoms with Gasteiger partial charge in [0, 0.05) is 26.0 Å². The number of carbonyl (C=O) groups is 2. The molecule has 156 valence electrons. The normalized spacial score (nSPS) is 25.0. The van der Waals surface area contributed by atoms with Crippen LogP contribution in [0.5, 0.6) is 0 Å². The van der Waals surface area contributed by atoms with Crippen molar-refractivity contribution in [1.82, 2.24) is 10.6 Å². The first kappa shape index (κ1) is 22.3. The van der Waals surface area contributed by atoms with Crippen molar-refractivity contribution < 1.29 is 24.2 Å². The maximum Gasteiger partial charge on any atom is 0.246 e. The molecule has 3 N–H and O–H groups in total. The fourth-order valence-corrected chi connectivity index (χ4v) is 3.79. The molecule has 1 aromatic carbocycles. The summed E-state index contributed by atoms with van der Waals surface area (Å²) in [5.74, 6) is -0.313. The van der Waals surface area contributed by atoms with Crippen LogP contribution in [0, 0.1) is 0 Å². The molecule has 0 radical (unpaired) electrons. The van der Waals surface area contributed by atoms with Crippen molar-refractivity contribution in [1.29, 1.82) is 0 Å². The Labute approximate surface area is 166 Å². The van der Waals surface area contributed by atoms with E-state index in [1.807, 2.05) is 18.2 Å². The second-order valence-corrected chi connectivity index (χ2v) is 7.42. The lowest BCUT2D eigenvalue weighted by Crippen LogP contribution is -2.42. The van der Waals surface area contributed by atoms with E-state index in [1.54, 1.807) is 7.11 Å². The smallest absolute Gasteiger partial charge is 0.246 e. The Morgan fingerprint density at radius 2 is 1.89 bits per heavy atom. The van der Waals surface area contributed by atoms with E-state index in [0.29, 0.717) is 32.6 Å². The molecule has 3 atom stereocenters. The highest BCUT2D eigenvalue weighted by atomic mass is 16.5. The zero-order chi connectivity index (χ0) is 20.4. The largest absolute Gasteiger partial charge is 0.391 e. The highest BCUT2D eigenvalue weighted by Crippen LogP contribution is 2.38. The van der Waals surface area contributed by atoms with Gasteiger partial charge in [0.05, 0.1) is 25.4 Å². The Kier molecular flexibility index (Phi) is 8.89. The van der Waals surface area contributed by atoms with Crippen LogP contribution in [0.2, 0.25) is 0 Å². The Balaban J connectivity index is 2.07. The van der Waals surface area contributed by atoms with Gasteiger partial charge < -0.3 is 25.2 Å². The summed E-state index contributed by atoms with van der Waals surface area (Å²) in [6.45, 7) is 2.74. The molecule has 2 amide bonds. The third-order valence-electron chi connectivity index (χ3n) is 5.38. The molecular formula is C21H32N2O5. The highest BCUT2D eigenvalue weighted by molar-refractivity contribution is 5.77. The topological polar surface area (TPSA) is 96.9 Å². The van der Waals surface area contributed by atoms with Crippen LogP contribution < -0.4 is 10.6 Å². The minimum Gasteiger partial charge on any atom is -0.391 e. The molecule has 0 aromatic heterocycles. The number of rotatable bonds is 9. The first-order chi connectivity index (χ1) is 13.5. The molecule has 28 heavy (non-hydrogen) atoms. The fraction of sp³-hybridized carbons (Fsp3) is 0.619. The van der Waals surface area contributed by atoms with Gasteiger partial charge in [-0.25, -0.2) is 0 Å². The van der Waals surface area contributed by atoms with Gasteiger partial charge in [-0.1, -0.05) is 30.3 Å². The average molecular weight is 392 g/mol. The Bertz CT molecular complexity index is 624. The third-order valence-corrected chi connectivity index (χ3v) is 5.38. The number of hydrogen-bond donors (Lipinski definition) is 3. The minimum atomic E-state index is -0.595. The van der Waals surface area contributed by atoms with Crippen LogP contribution in [0.3, 0.4) is 0 Å². The molecule has 0 saturated heterocycles. The number of amides is 2. The number of methoxy groups -OCH3 is 1. The number of nitrogens with one attached hydrogen (secondary N) is 2. The SMILES string of the molecule is COCCOCC(=O)NC[C@]1(c2ccccc2)CC[C@H](NC(C)=O)[C@@H](O)CC1. The Hall–Kier alpha value is -1.96. The number of ether oxygens (including phenoxy) is 2. The van der Waals surface area contributed by atoms with E-state index in [0.717, 1.165) is 18.4 Å². The van der Waals surface area contributed by atoms with Crippen LogP contribution in [0.15, 0.2) is 30.3 Å². The Morgan fingerprint density at radius 3 is 2.57 bits per heavy atom. The molecule has 0 unspecified atom stereocenters.